The number of unbranched alkanes of at least 4 members (excludes halogenated alkanes) is 1. The minimum atomic E-state index is -0.0327. The van der Waals surface area contributed by atoms with Crippen LogP contribution in [0, 0.1) is 0 Å². The van der Waals surface area contributed by atoms with Gasteiger partial charge in [0.25, 0.3) is 5.56 Å². The largest absolute Gasteiger partial charge is 0.308 e. The van der Waals surface area contributed by atoms with Crippen molar-refractivity contribution in [2.75, 3.05) is 0 Å². The molecule has 1 heterocycles. The van der Waals surface area contributed by atoms with Gasteiger partial charge in [-0.3, -0.25) is 4.79 Å². The van der Waals surface area contributed by atoms with Crippen LogP contribution in [0.1, 0.15) is 19.8 Å². The quantitative estimate of drug-likeness (QED) is 0.406. The molecule has 5 heteroatoms. The van der Waals surface area contributed by atoms with E-state index in [1.807, 2.05) is 24.3 Å². The number of hydrogen-bond acceptors (Lipinski definition) is 2. The molecule has 5 nitrogen and oxygen atoms in total. The van der Waals surface area contributed by atoms with Gasteiger partial charge in [0.05, 0.1) is 0 Å². The Balaban J connectivity index is 2.49. The second-order valence-corrected chi connectivity index (χ2v) is 5.31. The molecule has 0 aliphatic carbocycles. The second-order valence-electron chi connectivity index (χ2n) is 5.31. The summed E-state index contributed by atoms with van der Waals surface area (Å²) in [5, 5.41) is 7.63. The number of hydrogen-bond donors (Lipinski definition) is 0. The molecule has 0 aliphatic rings. The van der Waals surface area contributed by atoms with E-state index in [0.29, 0.717) is 17.6 Å². The summed E-state index contributed by atoms with van der Waals surface area (Å²) in [5.41, 5.74) is 9.20. The smallest absolute Gasteiger partial charge is 0.258 e. The summed E-state index contributed by atoms with van der Waals surface area (Å²) in [7, 11) is 0. The summed E-state index contributed by atoms with van der Waals surface area (Å²) in [6, 6.07) is 9.17. The lowest BCUT2D eigenvalue weighted by Crippen LogP contribution is -2.33. The summed E-state index contributed by atoms with van der Waals surface area (Å²) >= 11 is 0. The Morgan fingerprint density at radius 1 is 1.23 bits per heavy atom. The first kappa shape index (κ1) is 14.2. The van der Waals surface area contributed by atoms with Gasteiger partial charge in [0.15, 0.2) is 0 Å². The first-order valence-corrected chi connectivity index (χ1v) is 7.31. The average molecular weight is 292 g/mol. The Morgan fingerprint density at radius 2 is 2.00 bits per heavy atom. The van der Waals surface area contributed by atoms with Gasteiger partial charge in [0.2, 0.25) is 0 Å². The first-order chi connectivity index (χ1) is 10.7. The fourth-order valence-corrected chi connectivity index (χ4v) is 2.91. The third-order valence-corrected chi connectivity index (χ3v) is 4.02. The molecule has 3 aromatic rings. The van der Waals surface area contributed by atoms with E-state index >= 15 is 0 Å². The van der Waals surface area contributed by atoms with E-state index in [9.17, 15) is 4.79 Å². The molecule has 2 aromatic carbocycles. The molecule has 0 bridgehead atoms. The van der Waals surface area contributed by atoms with Crippen LogP contribution in [-0.4, -0.2) is 4.57 Å². The van der Waals surface area contributed by atoms with Crippen LogP contribution in [0.25, 0.3) is 38.6 Å². The highest BCUT2D eigenvalue weighted by atomic mass is 16.1. The standard InChI is InChI=1S/C17H16N4O/c1-3-4-10-21-11(2)12-8-9-15(19-20-18)13-6-5-7-14(16(12)13)17(21)22/h5-9H,2-4,10H2,1H3. The zero-order chi connectivity index (χ0) is 15.7. The van der Waals surface area contributed by atoms with Gasteiger partial charge in [-0.1, -0.05) is 49.3 Å². The lowest BCUT2D eigenvalue weighted by molar-refractivity contribution is 0.607. The van der Waals surface area contributed by atoms with Crippen molar-refractivity contribution in [3.63, 3.8) is 0 Å². The van der Waals surface area contributed by atoms with Crippen LogP contribution in [0.15, 0.2) is 40.2 Å². The summed E-state index contributed by atoms with van der Waals surface area (Å²) in [6.45, 7) is 6.86. The normalized spacial score (nSPS) is 11.0. The van der Waals surface area contributed by atoms with Gasteiger partial charge in [0.1, 0.15) is 0 Å². The molecule has 0 fully saturated rings. The Labute approximate surface area is 127 Å². The van der Waals surface area contributed by atoms with Crippen LogP contribution in [0.3, 0.4) is 0 Å². The van der Waals surface area contributed by atoms with Crippen molar-refractivity contribution in [1.82, 2.24) is 4.57 Å². The first-order valence-electron chi connectivity index (χ1n) is 7.31. The summed E-state index contributed by atoms with van der Waals surface area (Å²) in [4.78, 5) is 15.6. The molecule has 22 heavy (non-hydrogen) atoms. The molecule has 0 aliphatic heterocycles. The van der Waals surface area contributed by atoms with Crippen molar-refractivity contribution in [2.45, 2.75) is 26.3 Å². The Kier molecular flexibility index (Phi) is 3.57. The summed E-state index contributed by atoms with van der Waals surface area (Å²) in [5.74, 6) is 0. The Bertz CT molecular complexity index is 980. The predicted octanol–water partition coefficient (Wildman–Crippen LogP) is 4.03. The third kappa shape index (κ3) is 2.03. The van der Waals surface area contributed by atoms with E-state index in [4.69, 9.17) is 5.53 Å². The molecule has 0 spiro atoms. The van der Waals surface area contributed by atoms with Gasteiger partial charge in [-0.25, -0.2) is 0 Å². The SMILES string of the molecule is C=c1c2ccc(N=[N+]=[N-])c3cccc(c(=O)n1CCCC)c32. The molecule has 0 saturated carbocycles. The van der Waals surface area contributed by atoms with E-state index in [1.54, 1.807) is 10.6 Å². The third-order valence-electron chi connectivity index (χ3n) is 4.02. The fourth-order valence-electron chi connectivity index (χ4n) is 2.91. The summed E-state index contributed by atoms with van der Waals surface area (Å²) in [6.07, 6.45) is 1.96. The van der Waals surface area contributed by atoms with Gasteiger partial charge in [-0.15, -0.1) is 0 Å². The minimum absolute atomic E-state index is 0.0327. The van der Waals surface area contributed by atoms with Gasteiger partial charge in [0, 0.05) is 38.7 Å². The van der Waals surface area contributed by atoms with Crippen LogP contribution < -0.4 is 10.9 Å². The fraction of sp³-hybridized carbons (Fsp3) is 0.235. The number of nitrogens with zero attached hydrogens (tertiary/aromatic N) is 4. The van der Waals surface area contributed by atoms with Crippen LogP contribution in [0.2, 0.25) is 0 Å². The lowest BCUT2D eigenvalue weighted by Gasteiger charge is -2.13. The maximum Gasteiger partial charge on any atom is 0.258 e. The Morgan fingerprint density at radius 3 is 2.73 bits per heavy atom. The number of benzene rings is 2. The van der Waals surface area contributed by atoms with Crippen LogP contribution in [0.5, 0.6) is 0 Å². The Hall–Kier alpha value is -2.78. The van der Waals surface area contributed by atoms with Crippen molar-refractivity contribution in [1.29, 1.82) is 0 Å². The number of azide groups is 1. The molecule has 0 unspecified atom stereocenters. The molecular formula is C17H16N4O. The predicted molar refractivity (Wildman–Crippen MR) is 90.2 cm³/mol. The van der Waals surface area contributed by atoms with Crippen LogP contribution >= 0.6 is 0 Å². The van der Waals surface area contributed by atoms with Crippen molar-refractivity contribution in [3.05, 3.63) is 56.5 Å². The second kappa shape index (κ2) is 5.54. The van der Waals surface area contributed by atoms with Crippen LogP contribution in [-0.2, 0) is 6.54 Å². The topological polar surface area (TPSA) is 70.8 Å². The highest BCUT2D eigenvalue weighted by molar-refractivity contribution is 6.13. The molecule has 0 atom stereocenters. The minimum Gasteiger partial charge on any atom is -0.308 e. The summed E-state index contributed by atoms with van der Waals surface area (Å²) < 4.78 is 1.74. The zero-order valence-corrected chi connectivity index (χ0v) is 12.4. The zero-order valence-electron chi connectivity index (χ0n) is 12.4. The van der Waals surface area contributed by atoms with Gasteiger partial charge in [-0.05, 0) is 23.4 Å². The van der Waals surface area contributed by atoms with Crippen molar-refractivity contribution in [3.8, 4) is 0 Å². The van der Waals surface area contributed by atoms with Crippen LogP contribution in [0.4, 0.5) is 5.69 Å². The number of rotatable bonds is 4. The maximum absolute atomic E-state index is 12.8. The van der Waals surface area contributed by atoms with Crippen molar-refractivity contribution >= 4 is 33.8 Å². The molecular weight excluding hydrogens is 276 g/mol. The van der Waals surface area contributed by atoms with Crippen molar-refractivity contribution < 1.29 is 0 Å². The molecule has 110 valence electrons. The molecule has 0 saturated heterocycles. The van der Waals surface area contributed by atoms with E-state index in [2.05, 4.69) is 23.5 Å². The van der Waals surface area contributed by atoms with E-state index in [1.165, 1.54) is 0 Å². The monoisotopic (exact) mass is 292 g/mol. The highest BCUT2D eigenvalue weighted by Crippen LogP contribution is 2.30. The van der Waals surface area contributed by atoms with E-state index < -0.39 is 0 Å². The number of pyridine rings is 1. The molecule has 1 aromatic heterocycles. The van der Waals surface area contributed by atoms with Gasteiger partial charge in [-0.2, -0.15) is 0 Å². The van der Waals surface area contributed by atoms with E-state index in [-0.39, 0.29) is 5.56 Å². The average Bonchev–Trinajstić information content (AvgIpc) is 2.53. The molecule has 0 N–H and O–H groups in total. The van der Waals surface area contributed by atoms with Gasteiger partial charge >= 0.3 is 0 Å². The molecule has 0 amide bonds. The maximum atomic E-state index is 12.8. The van der Waals surface area contributed by atoms with E-state index in [0.717, 1.165) is 34.3 Å². The molecule has 3 rings (SSSR count). The number of aromatic nitrogens is 1. The van der Waals surface area contributed by atoms with Crippen molar-refractivity contribution in [2.24, 2.45) is 5.11 Å². The highest BCUT2D eigenvalue weighted by Gasteiger charge is 2.12. The lowest BCUT2D eigenvalue weighted by atomic mass is 10.0. The van der Waals surface area contributed by atoms with Gasteiger partial charge < -0.3 is 4.57 Å². The molecule has 0 radical (unpaired) electrons.